The van der Waals surface area contributed by atoms with Crippen molar-refractivity contribution < 1.29 is 4.79 Å². The summed E-state index contributed by atoms with van der Waals surface area (Å²) in [7, 11) is 0. The minimum absolute atomic E-state index is 0.140. The minimum atomic E-state index is -0.316. The molecule has 0 aliphatic rings. The summed E-state index contributed by atoms with van der Waals surface area (Å²) < 4.78 is 1.10. The fourth-order valence-corrected chi connectivity index (χ4v) is 2.65. The smallest absolute Gasteiger partial charge is 0.278 e. The zero-order valence-electron chi connectivity index (χ0n) is 12.1. The number of para-hydroxylation sites is 1. The molecule has 0 aliphatic carbocycles. The van der Waals surface area contributed by atoms with E-state index in [4.69, 9.17) is 0 Å². The number of aromatic amines is 1. The van der Waals surface area contributed by atoms with Crippen molar-refractivity contribution in [3.05, 3.63) is 70.6 Å². The average Bonchev–Trinajstić information content (AvgIpc) is 3.02. The molecule has 4 aromatic rings. The van der Waals surface area contributed by atoms with E-state index in [0.717, 1.165) is 15.6 Å². The summed E-state index contributed by atoms with van der Waals surface area (Å²) in [6.07, 6.45) is 1.66. The first-order chi connectivity index (χ1) is 11.2. The fourth-order valence-electron chi connectivity index (χ4n) is 2.65. The van der Waals surface area contributed by atoms with Gasteiger partial charge in [-0.3, -0.25) is 9.59 Å². The molecule has 6 heteroatoms. The summed E-state index contributed by atoms with van der Waals surface area (Å²) in [4.78, 5) is 28.0. The molecule has 0 aliphatic heterocycles. The van der Waals surface area contributed by atoms with Gasteiger partial charge >= 0.3 is 0 Å². The third-order valence-electron chi connectivity index (χ3n) is 3.81. The third kappa shape index (κ3) is 2.20. The van der Waals surface area contributed by atoms with Gasteiger partial charge in [-0.05, 0) is 18.2 Å². The number of benzene rings is 2. The molecule has 0 spiro atoms. The molecule has 2 heterocycles. The van der Waals surface area contributed by atoms with E-state index in [1.54, 1.807) is 30.5 Å². The van der Waals surface area contributed by atoms with Crippen LogP contribution in [0.1, 0.15) is 10.4 Å². The highest BCUT2D eigenvalue weighted by atomic mass is 16.1. The van der Waals surface area contributed by atoms with Crippen LogP contribution in [-0.2, 0) is 6.54 Å². The van der Waals surface area contributed by atoms with Crippen LogP contribution in [0.25, 0.3) is 21.8 Å². The van der Waals surface area contributed by atoms with Gasteiger partial charge in [0, 0.05) is 22.7 Å². The lowest BCUT2D eigenvalue weighted by molar-refractivity contribution is 0.0966. The maximum absolute atomic E-state index is 12.5. The molecule has 2 aromatic carbocycles. The largest absolute Gasteiger partial charge is 0.360 e. The van der Waals surface area contributed by atoms with Crippen molar-refractivity contribution in [3.63, 3.8) is 0 Å². The van der Waals surface area contributed by atoms with Gasteiger partial charge < -0.3 is 4.98 Å². The predicted octanol–water partition coefficient (Wildman–Crippen LogP) is 2.16. The molecule has 2 aromatic heterocycles. The van der Waals surface area contributed by atoms with Crippen LogP contribution in [0.3, 0.4) is 0 Å². The van der Waals surface area contributed by atoms with Crippen LogP contribution in [0, 0.1) is 0 Å². The number of H-pyrrole nitrogens is 1. The maximum Gasteiger partial charge on any atom is 0.278 e. The van der Waals surface area contributed by atoms with Crippen LogP contribution in [0.5, 0.6) is 0 Å². The number of nitrogens with one attached hydrogen (secondary N) is 1. The Balaban J connectivity index is 1.74. The van der Waals surface area contributed by atoms with Gasteiger partial charge in [0.1, 0.15) is 12.1 Å². The molecule has 0 atom stereocenters. The van der Waals surface area contributed by atoms with Crippen molar-refractivity contribution in [2.24, 2.45) is 0 Å². The molecule has 0 fully saturated rings. The SMILES string of the molecule is O=C(Cn1nnc2ccccc2c1=O)c1c[nH]c2ccccc12. The highest BCUT2D eigenvalue weighted by Crippen LogP contribution is 2.18. The van der Waals surface area contributed by atoms with Gasteiger partial charge in [0.05, 0.1) is 5.39 Å². The van der Waals surface area contributed by atoms with Crippen molar-refractivity contribution >= 4 is 27.6 Å². The highest BCUT2D eigenvalue weighted by Gasteiger charge is 2.14. The molecule has 1 N–H and O–H groups in total. The van der Waals surface area contributed by atoms with E-state index in [1.807, 2.05) is 24.3 Å². The third-order valence-corrected chi connectivity index (χ3v) is 3.81. The quantitative estimate of drug-likeness (QED) is 0.588. The van der Waals surface area contributed by atoms with Crippen LogP contribution in [0.2, 0.25) is 0 Å². The van der Waals surface area contributed by atoms with E-state index < -0.39 is 0 Å². The van der Waals surface area contributed by atoms with Crippen molar-refractivity contribution in [2.75, 3.05) is 0 Å². The van der Waals surface area contributed by atoms with Gasteiger partial charge in [0.15, 0.2) is 5.78 Å². The zero-order chi connectivity index (χ0) is 15.8. The number of carbonyl (C=O) groups is 1. The molecule has 6 nitrogen and oxygen atoms in total. The average molecular weight is 304 g/mol. The van der Waals surface area contributed by atoms with Gasteiger partial charge in [-0.15, -0.1) is 5.10 Å². The van der Waals surface area contributed by atoms with E-state index in [1.165, 1.54) is 0 Å². The first-order valence-corrected chi connectivity index (χ1v) is 7.16. The predicted molar refractivity (Wildman–Crippen MR) is 86.4 cm³/mol. The normalized spacial score (nSPS) is 11.1. The molecular weight excluding hydrogens is 292 g/mol. The van der Waals surface area contributed by atoms with Crippen molar-refractivity contribution in [2.45, 2.75) is 6.54 Å². The first kappa shape index (κ1) is 13.4. The lowest BCUT2D eigenvalue weighted by Gasteiger charge is -2.03. The van der Waals surface area contributed by atoms with Crippen LogP contribution in [0.15, 0.2) is 59.5 Å². The summed E-state index contributed by atoms with van der Waals surface area (Å²) in [5.41, 5.74) is 1.63. The number of ketones is 1. The molecule has 0 unspecified atom stereocenters. The Morgan fingerprint density at radius 3 is 2.65 bits per heavy atom. The van der Waals surface area contributed by atoms with Gasteiger partial charge in [-0.2, -0.15) is 0 Å². The molecule has 23 heavy (non-hydrogen) atoms. The number of nitrogens with zero attached hydrogens (tertiary/aromatic N) is 3. The Morgan fingerprint density at radius 2 is 1.78 bits per heavy atom. The fraction of sp³-hybridized carbons (Fsp3) is 0.0588. The number of hydrogen-bond donors (Lipinski definition) is 1. The Hall–Kier alpha value is -3.28. The number of rotatable bonds is 3. The van der Waals surface area contributed by atoms with Gasteiger partial charge in [0.25, 0.3) is 5.56 Å². The van der Waals surface area contributed by atoms with E-state index in [2.05, 4.69) is 15.3 Å². The number of fused-ring (bicyclic) bond motifs is 2. The summed E-state index contributed by atoms with van der Waals surface area (Å²) >= 11 is 0. The Kier molecular flexibility index (Phi) is 3.01. The highest BCUT2D eigenvalue weighted by molar-refractivity contribution is 6.07. The topological polar surface area (TPSA) is 80.6 Å². The molecular formula is C17H12N4O2. The van der Waals surface area contributed by atoms with E-state index in [9.17, 15) is 9.59 Å². The summed E-state index contributed by atoms with van der Waals surface area (Å²) in [6, 6.07) is 14.5. The lowest BCUT2D eigenvalue weighted by atomic mass is 10.1. The molecule has 0 bridgehead atoms. The second kappa shape index (κ2) is 5.17. The number of hydrogen-bond acceptors (Lipinski definition) is 4. The molecule has 0 amide bonds. The maximum atomic E-state index is 12.5. The van der Waals surface area contributed by atoms with E-state index in [-0.39, 0.29) is 17.9 Å². The Morgan fingerprint density at radius 1 is 1.04 bits per heavy atom. The summed E-state index contributed by atoms with van der Waals surface area (Å²) in [6.45, 7) is -0.140. The number of Topliss-reactive ketones (excluding diaryl/α,β-unsaturated/α-hetero) is 1. The minimum Gasteiger partial charge on any atom is -0.360 e. The Bertz CT molecular complexity index is 1090. The van der Waals surface area contributed by atoms with Crippen LogP contribution < -0.4 is 5.56 Å². The van der Waals surface area contributed by atoms with Gasteiger partial charge in [-0.1, -0.05) is 35.5 Å². The number of aromatic nitrogens is 4. The standard InChI is InChI=1S/C17H12N4O2/c22-16(13-9-18-14-7-3-1-5-11(13)14)10-21-17(23)12-6-2-4-8-15(12)19-20-21/h1-9,18H,10H2. The van der Waals surface area contributed by atoms with Crippen molar-refractivity contribution in [1.29, 1.82) is 0 Å². The molecule has 112 valence electrons. The van der Waals surface area contributed by atoms with Crippen LogP contribution in [0.4, 0.5) is 0 Å². The monoisotopic (exact) mass is 304 g/mol. The lowest BCUT2D eigenvalue weighted by Crippen LogP contribution is -2.27. The van der Waals surface area contributed by atoms with Crippen LogP contribution >= 0.6 is 0 Å². The van der Waals surface area contributed by atoms with E-state index >= 15 is 0 Å². The zero-order valence-corrected chi connectivity index (χ0v) is 12.1. The number of carbonyl (C=O) groups excluding carboxylic acids is 1. The molecule has 0 saturated carbocycles. The van der Waals surface area contributed by atoms with Gasteiger partial charge in [0.2, 0.25) is 0 Å². The van der Waals surface area contributed by atoms with Crippen LogP contribution in [-0.4, -0.2) is 25.8 Å². The Labute approximate surface area is 130 Å². The first-order valence-electron chi connectivity index (χ1n) is 7.16. The van der Waals surface area contributed by atoms with E-state index in [0.29, 0.717) is 16.5 Å². The van der Waals surface area contributed by atoms with Gasteiger partial charge in [-0.25, -0.2) is 4.68 Å². The summed E-state index contributed by atoms with van der Waals surface area (Å²) in [5.74, 6) is -0.186. The van der Waals surface area contributed by atoms with Crippen molar-refractivity contribution in [1.82, 2.24) is 20.0 Å². The molecule has 0 radical (unpaired) electrons. The molecule has 0 saturated heterocycles. The molecule has 4 rings (SSSR count). The summed E-state index contributed by atoms with van der Waals surface area (Å²) in [5, 5.41) is 9.14. The second-order valence-corrected chi connectivity index (χ2v) is 5.24. The van der Waals surface area contributed by atoms with Crippen molar-refractivity contribution in [3.8, 4) is 0 Å². The second-order valence-electron chi connectivity index (χ2n) is 5.24.